The zero-order valence-electron chi connectivity index (χ0n) is 53.7. The molecule has 7 saturated heterocycles. The van der Waals surface area contributed by atoms with Gasteiger partial charge in [0.1, 0.15) is 140 Å². The molecule has 33 heteroatoms. The third kappa shape index (κ3) is 14.1. The molecule has 550 valence electrons. The molecule has 7 heterocycles. The van der Waals surface area contributed by atoms with Crippen molar-refractivity contribution in [1.82, 2.24) is 0 Å². The average Bonchev–Trinajstić information content (AvgIpc) is 1.55. The molecule has 0 aromatic heterocycles. The van der Waals surface area contributed by atoms with Gasteiger partial charge in [0.15, 0.2) is 43.5 Å². The normalized spacial score (nSPS) is 55.3. The maximum Gasteiger partial charge on any atom is 0.187 e. The second kappa shape index (κ2) is 30.2. The fourth-order valence-electron chi connectivity index (χ4n) is 18.3. The number of ether oxygens (including phenoxy) is 13. The van der Waals surface area contributed by atoms with Gasteiger partial charge in [0, 0.05) is 12.3 Å². The lowest BCUT2D eigenvalue weighted by molar-refractivity contribution is -0.410. The number of aliphatic hydroxyl groups is 20. The van der Waals surface area contributed by atoms with E-state index in [1.165, 1.54) is 0 Å². The lowest BCUT2D eigenvalue weighted by atomic mass is 9.44. The lowest BCUT2D eigenvalue weighted by Crippen LogP contribution is -2.69. The largest absolute Gasteiger partial charge is 0.394 e. The van der Waals surface area contributed by atoms with Gasteiger partial charge in [-0.25, -0.2) is 0 Å². The zero-order chi connectivity index (χ0) is 68.7. The first kappa shape index (κ1) is 74.9. The Labute approximate surface area is 548 Å². The molecule has 95 heavy (non-hydrogen) atoms. The van der Waals surface area contributed by atoms with E-state index in [0.717, 1.165) is 38.5 Å². The van der Waals surface area contributed by atoms with Crippen LogP contribution in [0.15, 0.2) is 0 Å². The highest BCUT2D eigenvalue weighted by atomic mass is 16.8. The molecule has 0 unspecified atom stereocenters. The molecule has 0 aromatic rings. The van der Waals surface area contributed by atoms with Crippen molar-refractivity contribution < 1.29 is 164 Å². The molecule has 4 aliphatic carbocycles. The van der Waals surface area contributed by atoms with Gasteiger partial charge in [-0.3, -0.25) is 0 Å². The molecule has 41 atom stereocenters. The monoisotopic (exact) mass is 1380 g/mol. The maximum absolute atomic E-state index is 12.2. The van der Waals surface area contributed by atoms with Crippen LogP contribution in [0.5, 0.6) is 0 Å². The first-order chi connectivity index (χ1) is 45.1. The Morgan fingerprint density at radius 2 is 0.958 bits per heavy atom. The van der Waals surface area contributed by atoms with Gasteiger partial charge in [0.25, 0.3) is 0 Å². The van der Waals surface area contributed by atoms with E-state index in [4.69, 9.17) is 61.6 Å². The molecule has 11 rings (SSSR count). The standard InChI is InChI=1S/C62H104O33/c1-22(20-83-54-46(78)42(74)38(70)31(15-63)86-54)7-12-62(82)23(2)36-30(95-62)14-28-26-6-5-24-13-25(8-10-60(24,3)27(26)9-11-61(28,36)4)85-56-48(80)44(76)50(35(19-67)90-56)91-59-53(52(41(73)34(18-66)89-59)93-57-47(79)43(75)39(71)32(16-64)87-57)94-58-49(81)51(40(72)33(17-65)88-58)92-55-45(77)37(69)29(68)21-84-55/h22-59,63-82H,5-21H2,1-4H3/t22-,23+,24+,25+,26-,27+,28+,29+,30+,31-,32+,33+,34+,35-,36+,37-,38-,39+,40+,41+,42-,43+,44-,45+,46-,47-,48+,49+,50+,51-,52-,53+,54-,55+,56+,57-,58+,59+,60-,61+,62+/m1/s1. The molecule has 33 nitrogen and oxygen atoms in total. The molecular weight excluding hydrogens is 1270 g/mol. The molecule has 0 aromatic carbocycles. The van der Waals surface area contributed by atoms with E-state index in [2.05, 4.69) is 20.8 Å². The highest BCUT2D eigenvalue weighted by molar-refractivity contribution is 5.15. The first-order valence-electron chi connectivity index (χ1n) is 33.8. The third-order valence-electron chi connectivity index (χ3n) is 23.9. The Morgan fingerprint density at radius 3 is 1.60 bits per heavy atom. The van der Waals surface area contributed by atoms with Crippen LogP contribution in [0, 0.1) is 52.3 Å². The van der Waals surface area contributed by atoms with Crippen molar-refractivity contribution in [3.63, 3.8) is 0 Å². The number of fused-ring (bicyclic) bond motifs is 7. The second-order valence-corrected chi connectivity index (χ2v) is 29.4. The Morgan fingerprint density at radius 1 is 0.453 bits per heavy atom. The number of rotatable bonds is 21. The molecule has 0 bridgehead atoms. The fourth-order valence-corrected chi connectivity index (χ4v) is 18.3. The van der Waals surface area contributed by atoms with Crippen LogP contribution in [0.2, 0.25) is 0 Å². The van der Waals surface area contributed by atoms with Crippen LogP contribution in [-0.2, 0) is 61.6 Å². The smallest absolute Gasteiger partial charge is 0.187 e. The van der Waals surface area contributed by atoms with Crippen LogP contribution in [0.1, 0.15) is 91.9 Å². The second-order valence-electron chi connectivity index (χ2n) is 29.4. The van der Waals surface area contributed by atoms with Gasteiger partial charge in [-0.1, -0.05) is 27.7 Å². The van der Waals surface area contributed by atoms with Crippen LogP contribution in [0.4, 0.5) is 0 Å². The van der Waals surface area contributed by atoms with Crippen molar-refractivity contribution in [2.24, 2.45) is 52.3 Å². The average molecular weight is 1380 g/mol. The highest BCUT2D eigenvalue weighted by Gasteiger charge is 2.69. The van der Waals surface area contributed by atoms with Crippen LogP contribution in [0.3, 0.4) is 0 Å². The molecule has 20 N–H and O–H groups in total. The van der Waals surface area contributed by atoms with Crippen molar-refractivity contribution in [1.29, 1.82) is 0 Å². The van der Waals surface area contributed by atoms with Crippen molar-refractivity contribution in [3.05, 3.63) is 0 Å². The third-order valence-corrected chi connectivity index (χ3v) is 23.9. The molecule has 11 aliphatic rings. The maximum atomic E-state index is 12.2. The van der Waals surface area contributed by atoms with E-state index in [1.54, 1.807) is 0 Å². The van der Waals surface area contributed by atoms with Crippen molar-refractivity contribution in [2.45, 2.75) is 288 Å². The van der Waals surface area contributed by atoms with E-state index < -0.39 is 230 Å². The summed E-state index contributed by atoms with van der Waals surface area (Å²) in [6.07, 6.45) is -45.1. The van der Waals surface area contributed by atoms with Gasteiger partial charge in [-0.2, -0.15) is 0 Å². The topological polar surface area (TPSA) is 525 Å². The summed E-state index contributed by atoms with van der Waals surface area (Å²) < 4.78 is 77.9. The van der Waals surface area contributed by atoms with Crippen molar-refractivity contribution in [2.75, 3.05) is 46.2 Å². The Kier molecular flexibility index (Phi) is 23.8. The van der Waals surface area contributed by atoms with Gasteiger partial charge in [-0.15, -0.1) is 0 Å². The lowest BCUT2D eigenvalue weighted by Gasteiger charge is -2.61. The molecule has 7 aliphatic heterocycles. The molecular formula is C62H104O33. The number of hydrogen-bond donors (Lipinski definition) is 20. The van der Waals surface area contributed by atoms with E-state index in [-0.39, 0.29) is 47.2 Å². The zero-order valence-corrected chi connectivity index (χ0v) is 53.7. The summed E-state index contributed by atoms with van der Waals surface area (Å²) in [5.41, 5.74) is -0.162. The van der Waals surface area contributed by atoms with Gasteiger partial charge in [0.2, 0.25) is 0 Å². The van der Waals surface area contributed by atoms with Crippen LogP contribution < -0.4 is 0 Å². The van der Waals surface area contributed by atoms with Gasteiger partial charge in [0.05, 0.1) is 58.5 Å². The van der Waals surface area contributed by atoms with E-state index in [1.807, 2.05) is 6.92 Å². The van der Waals surface area contributed by atoms with Crippen molar-refractivity contribution in [3.8, 4) is 0 Å². The van der Waals surface area contributed by atoms with Gasteiger partial charge < -0.3 is 164 Å². The Balaban J connectivity index is 0.738. The van der Waals surface area contributed by atoms with E-state index in [0.29, 0.717) is 43.4 Å². The minimum Gasteiger partial charge on any atom is -0.394 e. The predicted octanol–water partition coefficient (Wildman–Crippen LogP) is -7.67. The quantitative estimate of drug-likeness (QED) is 0.0475. The summed E-state index contributed by atoms with van der Waals surface area (Å²) in [5, 5.41) is 217. The highest BCUT2D eigenvalue weighted by Crippen LogP contribution is 2.71. The Bertz CT molecular complexity index is 2460. The molecule has 0 radical (unpaired) electrons. The summed E-state index contributed by atoms with van der Waals surface area (Å²) in [6, 6.07) is 0. The summed E-state index contributed by atoms with van der Waals surface area (Å²) in [7, 11) is 0. The Hall–Kier alpha value is -1.32. The summed E-state index contributed by atoms with van der Waals surface area (Å²) >= 11 is 0. The van der Waals surface area contributed by atoms with Gasteiger partial charge >= 0.3 is 0 Å². The SMILES string of the molecule is C[C@H](CC[C@]1(O)O[C@H]2C[C@H]3[C@@H]4CC[C@H]5C[C@@H](O[C@H]6O[C@H](CO)[C@H](O[C@@H]7O[C@@H](CO)[C@H](O)[C@@H](O[C@H]8O[C@@H](CO)[C@H](O)[C@H](O)[C@H]8O)[C@@H]7O[C@@H]7O[C@@H](CO)[C@H](O)[C@@H](O[C@@H]8OC[C@H](O)[C@@H](O)[C@@H]8O)[C@@H]7O)[C@H](O)[C@@H]6O)CC[C@@]5(C)[C@H]4CC[C@]3(C)[C@H]2[C@@H]1C)CO[C@@H]1O[C@H](CO)[C@@H](O)[C@@H](O)[C@H]1O. The van der Waals surface area contributed by atoms with Gasteiger partial charge in [-0.05, 0) is 104 Å². The van der Waals surface area contributed by atoms with E-state index in [9.17, 15) is 102 Å². The first-order valence-corrected chi connectivity index (χ1v) is 33.8. The number of hydrogen-bond acceptors (Lipinski definition) is 33. The van der Waals surface area contributed by atoms with E-state index >= 15 is 0 Å². The minimum absolute atomic E-state index is 0.0737. The summed E-state index contributed by atoms with van der Waals surface area (Å²) in [4.78, 5) is 0. The van der Waals surface area contributed by atoms with Crippen LogP contribution >= 0.6 is 0 Å². The molecule has 11 fully saturated rings. The molecule has 0 amide bonds. The molecule has 0 spiro atoms. The van der Waals surface area contributed by atoms with Crippen LogP contribution in [0.25, 0.3) is 0 Å². The molecule has 4 saturated carbocycles. The fraction of sp³-hybridized carbons (Fsp3) is 1.00. The minimum atomic E-state index is -2.17. The number of aliphatic hydroxyl groups excluding tert-OH is 19. The predicted molar refractivity (Wildman–Crippen MR) is 311 cm³/mol. The summed E-state index contributed by atoms with van der Waals surface area (Å²) in [6.45, 7) is 3.99. The summed E-state index contributed by atoms with van der Waals surface area (Å²) in [5.74, 6) is -0.161. The van der Waals surface area contributed by atoms with Crippen LogP contribution in [-0.4, -0.2) is 345 Å². The van der Waals surface area contributed by atoms with Crippen molar-refractivity contribution >= 4 is 0 Å².